The maximum Gasteiger partial charge on any atom is 0.321 e. The van der Waals surface area contributed by atoms with E-state index in [0.717, 1.165) is 16.3 Å². The molecule has 17 heavy (non-hydrogen) atoms. The number of benzene rings is 1. The Labute approximate surface area is 99.3 Å². The molecule has 0 amide bonds. The summed E-state index contributed by atoms with van der Waals surface area (Å²) in [6, 6.07) is 7.23. The van der Waals surface area contributed by atoms with E-state index >= 15 is 0 Å². The Balaban J connectivity index is 2.38. The van der Waals surface area contributed by atoms with E-state index in [4.69, 9.17) is 5.11 Å². The molecule has 2 N–H and O–H groups in total. The van der Waals surface area contributed by atoms with Gasteiger partial charge in [0.15, 0.2) is 0 Å². The third-order valence-electron chi connectivity index (χ3n) is 2.84. The van der Waals surface area contributed by atoms with Crippen molar-refractivity contribution in [3.05, 3.63) is 42.2 Å². The lowest BCUT2D eigenvalue weighted by atomic mass is 10.0. The summed E-state index contributed by atoms with van der Waals surface area (Å²) >= 11 is 0. The highest BCUT2D eigenvalue weighted by molar-refractivity contribution is 5.85. The predicted molar refractivity (Wildman–Crippen MR) is 65.9 cm³/mol. The van der Waals surface area contributed by atoms with Crippen LogP contribution in [0.4, 0.5) is 0 Å². The van der Waals surface area contributed by atoms with Gasteiger partial charge in [-0.15, -0.1) is 0 Å². The van der Waals surface area contributed by atoms with Gasteiger partial charge in [-0.05, 0) is 30.5 Å². The number of likely N-dealkylation sites (N-methyl/N-ethyl adjacent to an activating group) is 1. The Bertz CT molecular complexity index is 534. The fourth-order valence-electron chi connectivity index (χ4n) is 1.89. The largest absolute Gasteiger partial charge is 0.480 e. The van der Waals surface area contributed by atoms with Crippen LogP contribution in [-0.4, -0.2) is 29.1 Å². The van der Waals surface area contributed by atoms with Crippen LogP contribution in [0.5, 0.6) is 0 Å². The van der Waals surface area contributed by atoms with E-state index in [1.54, 1.807) is 19.4 Å². The van der Waals surface area contributed by atoms with Gasteiger partial charge in [0.1, 0.15) is 6.04 Å². The third-order valence-corrected chi connectivity index (χ3v) is 2.84. The van der Waals surface area contributed by atoms with Crippen molar-refractivity contribution in [3.63, 3.8) is 0 Å². The van der Waals surface area contributed by atoms with Gasteiger partial charge in [0.25, 0.3) is 0 Å². The number of hydrogen-bond donors (Lipinski definition) is 2. The van der Waals surface area contributed by atoms with Crippen LogP contribution in [0.15, 0.2) is 36.7 Å². The normalized spacial score (nSPS) is 12.5. The van der Waals surface area contributed by atoms with Crippen molar-refractivity contribution < 1.29 is 9.90 Å². The van der Waals surface area contributed by atoms with E-state index in [2.05, 4.69) is 10.3 Å². The Hall–Kier alpha value is -1.94. The van der Waals surface area contributed by atoms with E-state index < -0.39 is 12.0 Å². The van der Waals surface area contributed by atoms with Gasteiger partial charge in [0.05, 0.1) is 0 Å². The molecule has 0 aliphatic heterocycles. The lowest BCUT2D eigenvalue weighted by molar-refractivity contribution is -0.139. The lowest BCUT2D eigenvalue weighted by Crippen LogP contribution is -2.35. The summed E-state index contributed by atoms with van der Waals surface area (Å²) < 4.78 is 0. The monoisotopic (exact) mass is 230 g/mol. The SMILES string of the molecule is CNC(Cc1cccc2ccncc12)C(=O)O. The fraction of sp³-hybridized carbons (Fsp3) is 0.231. The first-order valence-corrected chi connectivity index (χ1v) is 5.44. The molecule has 0 aliphatic rings. The zero-order chi connectivity index (χ0) is 12.3. The van der Waals surface area contributed by atoms with Crippen LogP contribution < -0.4 is 5.32 Å². The van der Waals surface area contributed by atoms with Crippen LogP contribution >= 0.6 is 0 Å². The molecule has 4 heteroatoms. The minimum Gasteiger partial charge on any atom is -0.480 e. The van der Waals surface area contributed by atoms with Gasteiger partial charge in [-0.1, -0.05) is 18.2 Å². The first kappa shape index (κ1) is 11.5. The summed E-state index contributed by atoms with van der Waals surface area (Å²) in [5, 5.41) is 13.9. The Morgan fingerprint density at radius 1 is 1.47 bits per heavy atom. The average molecular weight is 230 g/mol. The highest BCUT2D eigenvalue weighted by atomic mass is 16.4. The van der Waals surface area contributed by atoms with E-state index in [1.165, 1.54) is 0 Å². The molecule has 1 aromatic carbocycles. The molecule has 0 radical (unpaired) electrons. The number of hydrogen-bond acceptors (Lipinski definition) is 3. The summed E-state index contributed by atoms with van der Waals surface area (Å²) in [5.74, 6) is -0.839. The zero-order valence-electron chi connectivity index (χ0n) is 9.55. The first-order chi connectivity index (χ1) is 8.22. The van der Waals surface area contributed by atoms with Crippen LogP contribution in [0.3, 0.4) is 0 Å². The van der Waals surface area contributed by atoms with Crippen LogP contribution in [0.1, 0.15) is 5.56 Å². The molecular weight excluding hydrogens is 216 g/mol. The second-order valence-corrected chi connectivity index (χ2v) is 3.90. The molecular formula is C13H14N2O2. The fourth-order valence-corrected chi connectivity index (χ4v) is 1.89. The number of aromatic nitrogens is 1. The van der Waals surface area contributed by atoms with E-state index in [-0.39, 0.29) is 0 Å². The van der Waals surface area contributed by atoms with Crippen LogP contribution in [0.25, 0.3) is 10.8 Å². The first-order valence-electron chi connectivity index (χ1n) is 5.44. The van der Waals surface area contributed by atoms with Gasteiger partial charge in [-0.3, -0.25) is 9.78 Å². The number of nitrogens with zero attached hydrogens (tertiary/aromatic N) is 1. The molecule has 0 aliphatic carbocycles. The minimum absolute atomic E-state index is 0.453. The number of pyridine rings is 1. The van der Waals surface area contributed by atoms with Crippen molar-refractivity contribution >= 4 is 16.7 Å². The molecule has 0 saturated heterocycles. The van der Waals surface area contributed by atoms with Gasteiger partial charge >= 0.3 is 5.97 Å². The number of carboxylic acids is 1. The Kier molecular flexibility index (Phi) is 3.35. The Morgan fingerprint density at radius 2 is 2.29 bits per heavy atom. The number of aliphatic carboxylic acids is 1. The molecule has 2 aromatic rings. The maximum atomic E-state index is 11.0. The predicted octanol–water partition coefficient (Wildman–Crippen LogP) is 1.45. The summed E-state index contributed by atoms with van der Waals surface area (Å²) in [6.07, 6.45) is 3.97. The van der Waals surface area contributed by atoms with Crippen molar-refractivity contribution in [1.29, 1.82) is 0 Å². The molecule has 1 unspecified atom stereocenters. The highest BCUT2D eigenvalue weighted by Crippen LogP contribution is 2.18. The standard InChI is InChI=1S/C13H14N2O2/c1-14-12(13(16)17)7-10-4-2-3-9-5-6-15-8-11(9)10/h2-6,8,12,14H,7H2,1H3,(H,16,17). The second kappa shape index (κ2) is 4.93. The molecule has 1 atom stereocenters. The van der Waals surface area contributed by atoms with Gasteiger partial charge in [0.2, 0.25) is 0 Å². The molecule has 0 fully saturated rings. The lowest BCUT2D eigenvalue weighted by Gasteiger charge is -2.12. The van der Waals surface area contributed by atoms with Crippen molar-refractivity contribution in [1.82, 2.24) is 10.3 Å². The van der Waals surface area contributed by atoms with Crippen LogP contribution in [0.2, 0.25) is 0 Å². The number of rotatable bonds is 4. The average Bonchev–Trinajstić information content (AvgIpc) is 2.35. The number of carboxylic acid groups (broad SMARTS) is 1. The molecule has 0 saturated carbocycles. The van der Waals surface area contributed by atoms with E-state index in [1.807, 2.05) is 24.3 Å². The molecule has 0 spiro atoms. The van der Waals surface area contributed by atoms with Crippen LogP contribution in [-0.2, 0) is 11.2 Å². The molecule has 0 bridgehead atoms. The zero-order valence-corrected chi connectivity index (χ0v) is 9.55. The van der Waals surface area contributed by atoms with Crippen molar-refractivity contribution in [2.75, 3.05) is 7.05 Å². The van der Waals surface area contributed by atoms with Gasteiger partial charge < -0.3 is 10.4 Å². The summed E-state index contributed by atoms with van der Waals surface area (Å²) in [4.78, 5) is 15.1. The van der Waals surface area contributed by atoms with E-state index in [0.29, 0.717) is 6.42 Å². The maximum absolute atomic E-state index is 11.0. The van der Waals surface area contributed by atoms with Gasteiger partial charge in [-0.25, -0.2) is 0 Å². The highest BCUT2D eigenvalue weighted by Gasteiger charge is 2.16. The molecule has 1 aromatic heterocycles. The Morgan fingerprint density at radius 3 is 3.00 bits per heavy atom. The number of nitrogens with one attached hydrogen (secondary N) is 1. The molecule has 88 valence electrons. The second-order valence-electron chi connectivity index (χ2n) is 3.90. The van der Waals surface area contributed by atoms with Crippen molar-refractivity contribution in [3.8, 4) is 0 Å². The molecule has 2 rings (SSSR count). The summed E-state index contributed by atoms with van der Waals surface area (Å²) in [7, 11) is 1.65. The van der Waals surface area contributed by atoms with Crippen molar-refractivity contribution in [2.24, 2.45) is 0 Å². The third kappa shape index (κ3) is 2.42. The summed E-state index contributed by atoms with van der Waals surface area (Å²) in [5.41, 5.74) is 0.998. The van der Waals surface area contributed by atoms with Gasteiger partial charge in [0, 0.05) is 17.8 Å². The quantitative estimate of drug-likeness (QED) is 0.834. The van der Waals surface area contributed by atoms with Crippen LogP contribution in [0, 0.1) is 0 Å². The van der Waals surface area contributed by atoms with E-state index in [9.17, 15) is 4.79 Å². The number of carbonyl (C=O) groups is 1. The number of fused-ring (bicyclic) bond motifs is 1. The molecule has 4 nitrogen and oxygen atoms in total. The summed E-state index contributed by atoms with van der Waals surface area (Å²) in [6.45, 7) is 0. The minimum atomic E-state index is -0.839. The van der Waals surface area contributed by atoms with Gasteiger partial charge in [-0.2, -0.15) is 0 Å². The van der Waals surface area contributed by atoms with Crippen molar-refractivity contribution in [2.45, 2.75) is 12.5 Å². The molecule has 1 heterocycles. The topological polar surface area (TPSA) is 62.2 Å². The smallest absolute Gasteiger partial charge is 0.321 e.